The zero-order chi connectivity index (χ0) is 47.2. The summed E-state index contributed by atoms with van der Waals surface area (Å²) >= 11 is 0. The maximum atomic E-state index is 13.4. The highest BCUT2D eigenvalue weighted by atomic mass is 16.5. The van der Waals surface area contributed by atoms with Crippen molar-refractivity contribution >= 4 is 17.9 Å². The van der Waals surface area contributed by atoms with Crippen molar-refractivity contribution in [2.24, 2.45) is 51.8 Å². The van der Waals surface area contributed by atoms with Crippen LogP contribution in [0.1, 0.15) is 163 Å². The van der Waals surface area contributed by atoms with Crippen LogP contribution in [0.25, 0.3) is 0 Å². The van der Waals surface area contributed by atoms with Crippen LogP contribution in [-0.2, 0) is 14.2 Å². The molecule has 4 fully saturated rings. The number of fused-ring (bicyclic) bond motifs is 5. The molecule has 67 heavy (non-hydrogen) atoms. The monoisotopic (exact) mass is 917 g/mol. The molecule has 362 valence electrons. The molecule has 0 N–H and O–H groups in total. The van der Waals surface area contributed by atoms with Crippen molar-refractivity contribution in [3.05, 3.63) is 101 Å². The van der Waals surface area contributed by atoms with Gasteiger partial charge in [-0.15, -0.1) is 0 Å². The van der Waals surface area contributed by atoms with E-state index in [1.54, 1.807) is 72.8 Å². The van der Waals surface area contributed by atoms with Gasteiger partial charge in [0.25, 0.3) is 0 Å². The van der Waals surface area contributed by atoms with Crippen molar-refractivity contribution in [2.75, 3.05) is 33.0 Å². The summed E-state index contributed by atoms with van der Waals surface area (Å²) in [6.07, 6.45) is 18.7. The summed E-state index contributed by atoms with van der Waals surface area (Å²) < 4.78 is 34.4. The van der Waals surface area contributed by atoms with Gasteiger partial charge in [0.1, 0.15) is 23.4 Å². The second kappa shape index (κ2) is 21.4. The van der Waals surface area contributed by atoms with Gasteiger partial charge >= 0.3 is 17.9 Å². The SMILES string of the molecule is CCC1(COCCCCOc2ccc(C(=O)Oc3ccc(C(=O)Oc4ccc(C(=O)OC5CCC6(C)C(=CCC7C6CCC6(C)C(C(C)CCCC(C)C)CCC76)C5)cc4)cc3)cc2)COC1. The van der Waals surface area contributed by atoms with Crippen molar-refractivity contribution in [3.63, 3.8) is 0 Å². The molecule has 3 saturated carbocycles. The molecular formula is C58H76O9. The van der Waals surface area contributed by atoms with Crippen molar-refractivity contribution in [1.82, 2.24) is 0 Å². The number of allylic oxidation sites excluding steroid dienone is 1. The van der Waals surface area contributed by atoms with Crippen molar-refractivity contribution in [1.29, 1.82) is 0 Å². The van der Waals surface area contributed by atoms with E-state index in [0.717, 1.165) is 93.9 Å². The number of benzene rings is 3. The van der Waals surface area contributed by atoms with Crippen LogP contribution in [0.3, 0.4) is 0 Å². The van der Waals surface area contributed by atoms with Crippen LogP contribution < -0.4 is 14.2 Å². The Morgan fingerprint density at radius 2 is 1.30 bits per heavy atom. The molecule has 3 aromatic rings. The molecular weight excluding hydrogens is 841 g/mol. The number of hydrogen-bond acceptors (Lipinski definition) is 9. The molecule has 1 aliphatic heterocycles. The second-order valence-electron chi connectivity index (χ2n) is 21.9. The normalized spacial score (nSPS) is 27.6. The molecule has 9 heteroatoms. The summed E-state index contributed by atoms with van der Waals surface area (Å²) in [6, 6.07) is 19.6. The molecule has 0 aromatic heterocycles. The Morgan fingerprint density at radius 3 is 1.90 bits per heavy atom. The standard InChI is InChI=1S/C58H76O9/c1-7-58(37-63-38-58)36-62-33-8-9-34-64-45-20-13-41(14-21-45)53(59)65-46-22-15-42(16-23-46)54(60)66-47-24-17-43(18-25-47)55(61)67-48-29-31-56(5)44(35-48)19-26-49-51-28-27-50(40(4)12-10-11-39(2)3)57(51,6)32-30-52(49)56/h13-25,39-40,48-52H,7-12,26-38H2,1-6H3. The Morgan fingerprint density at radius 1 is 0.687 bits per heavy atom. The van der Waals surface area contributed by atoms with Crippen LogP contribution in [0, 0.1) is 51.8 Å². The van der Waals surface area contributed by atoms with E-state index in [1.807, 2.05) is 0 Å². The van der Waals surface area contributed by atoms with Gasteiger partial charge in [-0.25, -0.2) is 14.4 Å². The van der Waals surface area contributed by atoms with Crippen LogP contribution in [0.4, 0.5) is 0 Å². The quantitative estimate of drug-likeness (QED) is 0.0474. The van der Waals surface area contributed by atoms with E-state index in [4.69, 9.17) is 28.4 Å². The van der Waals surface area contributed by atoms with Gasteiger partial charge in [0.2, 0.25) is 0 Å². The molecule has 8 atom stereocenters. The molecule has 1 heterocycles. The Bertz CT molecular complexity index is 2170. The highest BCUT2D eigenvalue weighted by Crippen LogP contribution is 2.67. The molecule has 9 nitrogen and oxygen atoms in total. The first-order valence-corrected chi connectivity index (χ1v) is 25.7. The fraction of sp³-hybridized carbons (Fsp3) is 0.603. The summed E-state index contributed by atoms with van der Waals surface area (Å²) in [6.45, 7) is 18.2. The van der Waals surface area contributed by atoms with E-state index in [0.29, 0.717) is 52.6 Å². The lowest BCUT2D eigenvalue weighted by molar-refractivity contribution is -0.150. The van der Waals surface area contributed by atoms with Crippen molar-refractivity contribution < 1.29 is 42.8 Å². The van der Waals surface area contributed by atoms with E-state index >= 15 is 0 Å². The first kappa shape index (κ1) is 49.0. The Kier molecular flexibility index (Phi) is 15.7. The summed E-state index contributed by atoms with van der Waals surface area (Å²) in [5.74, 6) is 4.62. The second-order valence-corrected chi connectivity index (χ2v) is 21.9. The molecule has 5 aliphatic rings. The van der Waals surface area contributed by atoms with Gasteiger partial charge in [0, 0.05) is 18.4 Å². The van der Waals surface area contributed by atoms with Gasteiger partial charge in [-0.05, 0) is 183 Å². The summed E-state index contributed by atoms with van der Waals surface area (Å²) in [7, 11) is 0. The minimum atomic E-state index is -0.569. The van der Waals surface area contributed by atoms with E-state index in [9.17, 15) is 14.4 Å². The molecule has 8 unspecified atom stereocenters. The fourth-order valence-corrected chi connectivity index (χ4v) is 12.9. The largest absolute Gasteiger partial charge is 0.494 e. The predicted octanol–water partition coefficient (Wildman–Crippen LogP) is 13.3. The Hall–Kier alpha value is -4.47. The van der Waals surface area contributed by atoms with Crippen LogP contribution >= 0.6 is 0 Å². The van der Waals surface area contributed by atoms with Gasteiger partial charge in [-0.1, -0.05) is 72.5 Å². The Labute approximate surface area is 400 Å². The molecule has 0 spiro atoms. The van der Waals surface area contributed by atoms with Crippen LogP contribution in [0.2, 0.25) is 0 Å². The van der Waals surface area contributed by atoms with Gasteiger partial charge in [0.15, 0.2) is 0 Å². The highest BCUT2D eigenvalue weighted by Gasteiger charge is 2.59. The third-order valence-corrected chi connectivity index (χ3v) is 17.2. The van der Waals surface area contributed by atoms with Crippen LogP contribution in [0.5, 0.6) is 17.2 Å². The van der Waals surface area contributed by atoms with E-state index in [-0.39, 0.29) is 22.9 Å². The molecule has 3 aromatic carbocycles. The molecule has 0 radical (unpaired) electrons. The minimum absolute atomic E-state index is 0.141. The smallest absolute Gasteiger partial charge is 0.343 e. The molecule has 0 bridgehead atoms. The average Bonchev–Trinajstić information content (AvgIpc) is 3.67. The lowest BCUT2D eigenvalue weighted by atomic mass is 9.47. The van der Waals surface area contributed by atoms with Crippen LogP contribution in [0.15, 0.2) is 84.4 Å². The summed E-state index contributed by atoms with van der Waals surface area (Å²) in [5, 5.41) is 0. The number of esters is 3. The van der Waals surface area contributed by atoms with Gasteiger partial charge in [-0.3, -0.25) is 0 Å². The van der Waals surface area contributed by atoms with Crippen LogP contribution in [-0.4, -0.2) is 57.0 Å². The minimum Gasteiger partial charge on any atom is -0.494 e. The van der Waals surface area contributed by atoms with E-state index < -0.39 is 11.9 Å². The average molecular weight is 917 g/mol. The number of carbonyl (C=O) groups excluding carboxylic acids is 3. The maximum absolute atomic E-state index is 13.4. The lowest BCUT2D eigenvalue weighted by Crippen LogP contribution is -2.51. The third-order valence-electron chi connectivity index (χ3n) is 17.2. The molecule has 8 rings (SSSR count). The maximum Gasteiger partial charge on any atom is 0.343 e. The fourth-order valence-electron chi connectivity index (χ4n) is 12.9. The Balaban J connectivity index is 0.754. The number of hydrogen-bond donors (Lipinski definition) is 0. The zero-order valence-electron chi connectivity index (χ0n) is 41.2. The van der Waals surface area contributed by atoms with Gasteiger partial charge in [0.05, 0.1) is 43.1 Å². The van der Waals surface area contributed by atoms with Gasteiger partial charge < -0.3 is 28.4 Å². The molecule has 1 saturated heterocycles. The van der Waals surface area contributed by atoms with Crippen molar-refractivity contribution in [2.45, 2.75) is 138 Å². The summed E-state index contributed by atoms with van der Waals surface area (Å²) in [4.78, 5) is 39.3. The van der Waals surface area contributed by atoms with Gasteiger partial charge in [-0.2, -0.15) is 0 Å². The first-order valence-electron chi connectivity index (χ1n) is 25.7. The molecule has 0 amide bonds. The number of unbranched alkanes of at least 4 members (excludes halogenated alkanes) is 1. The number of carbonyl (C=O) groups is 3. The third kappa shape index (κ3) is 11.2. The predicted molar refractivity (Wildman–Crippen MR) is 261 cm³/mol. The first-order chi connectivity index (χ1) is 32.3. The van der Waals surface area contributed by atoms with E-state index in [2.05, 4.69) is 47.6 Å². The lowest BCUT2D eigenvalue weighted by Gasteiger charge is -2.58. The topological polar surface area (TPSA) is 107 Å². The number of rotatable bonds is 20. The molecule has 4 aliphatic carbocycles. The summed E-state index contributed by atoms with van der Waals surface area (Å²) in [5.41, 5.74) is 3.46. The highest BCUT2D eigenvalue weighted by molar-refractivity contribution is 5.93. The zero-order valence-corrected chi connectivity index (χ0v) is 41.2. The van der Waals surface area contributed by atoms with Crippen molar-refractivity contribution in [3.8, 4) is 17.2 Å². The number of ether oxygens (including phenoxy) is 6. The van der Waals surface area contributed by atoms with E-state index in [1.165, 1.54) is 56.9 Å².